The first-order valence-electron chi connectivity index (χ1n) is 46.0. The minimum absolute atomic E-state index is 0.330. The molecule has 11 N–H and O–H groups in total. The molecule has 0 saturated heterocycles. The van der Waals surface area contributed by atoms with Gasteiger partial charge in [0.1, 0.15) is 0 Å². The van der Waals surface area contributed by atoms with Crippen LogP contribution in [0.5, 0.6) is 0 Å². The third kappa shape index (κ3) is 28.4. The fourth-order valence-corrected chi connectivity index (χ4v) is 17.6. The summed E-state index contributed by atoms with van der Waals surface area (Å²) in [7, 11) is -7.23. The summed E-state index contributed by atoms with van der Waals surface area (Å²) in [4.78, 5) is 36.3. The van der Waals surface area contributed by atoms with Crippen LogP contribution in [0.25, 0.3) is 101 Å². The molecule has 9 aromatic heterocycles. The number of hydrogen-bond donors (Lipinski definition) is 11. The Bertz CT molecular complexity index is 8810. The molecule has 9 heterocycles. The first-order chi connectivity index (χ1) is 71.7. The lowest BCUT2D eigenvalue weighted by molar-refractivity contribution is 0.590. The molecular weight excluding hydrogens is 1920 g/mol. The molecule has 0 saturated carbocycles. The van der Waals surface area contributed by atoms with Crippen LogP contribution in [-0.4, -0.2) is 87.6 Å². The van der Waals surface area contributed by atoms with Crippen molar-refractivity contribution >= 4 is 167 Å². The number of aromatic nitrogens is 9. The zero-order valence-electron chi connectivity index (χ0n) is 80.6. The van der Waals surface area contributed by atoms with E-state index in [9.17, 15) is 12.6 Å². The maximum atomic E-state index is 12.9. The van der Waals surface area contributed by atoms with Gasteiger partial charge >= 0.3 is 0 Å². The Labute approximate surface area is 854 Å². The van der Waals surface area contributed by atoms with Gasteiger partial charge in [-0.05, 0) is 266 Å². The highest BCUT2D eigenvalue weighted by Crippen LogP contribution is 2.36. The summed E-state index contributed by atoms with van der Waals surface area (Å²) in [6, 6.07) is 114. The number of para-hydroxylation sites is 2. The standard InChI is InChI=1S/C24H20N4O2S.C19H18N4O2S.C19H15N3O.C18H16N4O2S.C18H15N3O.C17H13N3O/c1-31(29,17-19-6-3-2-4-7-19)28-22-9-5-8-21(14-22)27-24-26-16-23(30-24)20-12-10-18(15-25)11-13-20;1-26(2,24)23-15-8-5-7-14(11-15)21-19-20-12-18(25-19)17-10-13-6-3-4-9-16(13)22-17;1-13-3-2-4-17(9-13)22-19-21-12-18(23-19)15-5-6-16-11-20-8-7-14(16)10-15;1-25(2,23)22-16-5-3-4-15(10-16)21-18-20-12-17(24-18)14-8-6-13(11-19)7-9-14;1-12-5-4-7-14(9-12)20-18-19-11-17(22-18)16-10-13-6-2-3-8-15(13)21-16;1-12-3-2-4-15(9-12)20-17-19-11-16(21-17)14-7-5-13(10-18)6-8-14/h2-14,16H,1,17H2,(H,26,27)(H,28,29);3-12,22H,1H2,2H3,(H,20,21)(H,23,24);2-12H,1H3,(H,21,22);3-10,12H,1H2,2H3,(H,20,21)(H,22,23);2-11,21H,1H3,(H,19,20);2-9,11H,1H3,(H,19,20). The number of aryl methyl sites for hydroxylation is 3. The van der Waals surface area contributed by atoms with Gasteiger partial charge in [0, 0.05) is 155 Å². The molecule has 33 heteroatoms. The van der Waals surface area contributed by atoms with Crippen LogP contribution in [0.4, 0.5) is 87.3 Å². The Balaban J connectivity index is 0.000000122. The van der Waals surface area contributed by atoms with E-state index in [1.54, 1.807) is 110 Å². The zero-order chi connectivity index (χ0) is 103. The van der Waals surface area contributed by atoms with Gasteiger partial charge in [-0.2, -0.15) is 15.8 Å². The van der Waals surface area contributed by atoms with Gasteiger partial charge < -0.3 is 82.5 Å². The molecule has 3 unspecified atom stereocenters. The topological polar surface area (TPSA) is 431 Å². The van der Waals surface area contributed by atoms with Gasteiger partial charge in [0.05, 0.1) is 89.2 Å². The van der Waals surface area contributed by atoms with Gasteiger partial charge in [0.15, 0.2) is 34.6 Å². The highest BCUT2D eigenvalue weighted by Gasteiger charge is 2.18. The van der Waals surface area contributed by atoms with Crippen molar-refractivity contribution in [3.63, 3.8) is 0 Å². The van der Waals surface area contributed by atoms with Gasteiger partial charge in [-0.3, -0.25) is 4.98 Å². The Morgan fingerprint density at radius 2 is 0.595 bits per heavy atom. The van der Waals surface area contributed by atoms with Gasteiger partial charge in [0.2, 0.25) is 0 Å². The number of anilines is 15. The molecule has 148 heavy (non-hydrogen) atoms. The molecule has 0 bridgehead atoms. The molecule has 22 rings (SSSR count). The number of H-pyrrole nitrogens is 2. The van der Waals surface area contributed by atoms with Gasteiger partial charge in [-0.1, -0.05) is 133 Å². The van der Waals surface area contributed by atoms with E-state index >= 15 is 0 Å². The molecular formula is C115H97N21O9S3. The minimum Gasteiger partial charge on any atom is -0.423 e. The highest BCUT2D eigenvalue weighted by molar-refractivity contribution is 8.01. The maximum Gasteiger partial charge on any atom is 0.299 e. The van der Waals surface area contributed by atoms with Crippen LogP contribution in [0.1, 0.15) is 38.9 Å². The first kappa shape index (κ1) is 99.9. The minimum atomic E-state index is -2.55. The summed E-state index contributed by atoms with van der Waals surface area (Å²) >= 11 is 0. The lowest BCUT2D eigenvalue weighted by atomic mass is 10.1. The molecule has 13 aromatic carbocycles. The average molecular weight is 2010 g/mol. The maximum absolute atomic E-state index is 12.9. The molecule has 0 fully saturated rings. The predicted octanol–water partition coefficient (Wildman–Crippen LogP) is 27.2. The monoisotopic (exact) mass is 2010 g/mol. The number of fused-ring (bicyclic) bond motifs is 3. The van der Waals surface area contributed by atoms with Crippen LogP contribution in [0.2, 0.25) is 0 Å². The molecule has 0 amide bonds. The lowest BCUT2D eigenvalue weighted by Crippen LogP contribution is -2.14. The average Bonchev–Trinajstić information content (AvgIpc) is 1.67. The SMILES string of the molecule is C=S(=O)(Cc1ccccc1)Nc1cccc(Nc2ncc(-c3ccc(C#N)cc3)o2)c1.C=S(C)(=O)Nc1cccc(Nc2ncc(-c3cc4ccccc4[nH]3)o2)c1.C=S(C)(=O)Nc1cccc(Nc2ncc(-c3ccc(C#N)cc3)o2)c1.Cc1cccc(Nc2ncc(-c3cc4ccccc4[nH]3)o2)c1.Cc1cccc(Nc2ncc(-c3ccc(C#N)cc3)o2)c1.Cc1cccc(Nc2ncc(-c3ccc4cnccc4c3)o2)c1. The van der Waals surface area contributed by atoms with Crippen LogP contribution >= 0.6 is 0 Å². The third-order valence-electron chi connectivity index (χ3n) is 21.8. The van der Waals surface area contributed by atoms with Crippen LogP contribution in [0.3, 0.4) is 0 Å². The van der Waals surface area contributed by atoms with E-state index in [2.05, 4.69) is 171 Å². The number of nitrogens with zero attached hydrogens (tertiary/aromatic N) is 10. The van der Waals surface area contributed by atoms with E-state index in [1.165, 1.54) is 22.9 Å². The Kier molecular flexibility index (Phi) is 31.3. The third-order valence-corrected chi connectivity index (χ3v) is 24.6. The Morgan fingerprint density at radius 1 is 0.291 bits per heavy atom. The number of nitriles is 3. The second-order valence-electron chi connectivity index (χ2n) is 34.1. The van der Waals surface area contributed by atoms with Crippen molar-refractivity contribution in [2.24, 2.45) is 0 Å². The molecule has 30 nitrogen and oxygen atoms in total. The van der Waals surface area contributed by atoms with E-state index in [0.717, 1.165) is 112 Å². The lowest BCUT2D eigenvalue weighted by Gasteiger charge is -2.13. The molecule has 22 aromatic rings. The van der Waals surface area contributed by atoms with Gasteiger partial charge in [-0.25, -0.2) is 42.5 Å². The summed E-state index contributed by atoms with van der Waals surface area (Å²) in [6.45, 7) is 6.13. The van der Waals surface area contributed by atoms with Crippen molar-refractivity contribution < 1.29 is 39.1 Å². The van der Waals surface area contributed by atoms with Crippen molar-refractivity contribution in [2.75, 3.05) is 58.6 Å². The van der Waals surface area contributed by atoms with Crippen molar-refractivity contribution in [3.05, 3.63) is 422 Å². The van der Waals surface area contributed by atoms with Crippen molar-refractivity contribution in [1.82, 2.24) is 44.9 Å². The van der Waals surface area contributed by atoms with Crippen LogP contribution in [0.15, 0.2) is 410 Å². The number of nitrogens with one attached hydrogen (secondary N) is 11. The van der Waals surface area contributed by atoms with Gasteiger partial charge in [-0.15, -0.1) is 0 Å². The van der Waals surface area contributed by atoms with Crippen LogP contribution < -0.4 is 46.1 Å². The molecule has 0 aliphatic rings. The number of oxazole rings is 6. The number of pyridine rings is 1. The summed E-state index contributed by atoms with van der Waals surface area (Å²) in [5.41, 5.74) is 20.9. The largest absolute Gasteiger partial charge is 0.423 e. The van der Waals surface area contributed by atoms with E-state index in [0.29, 0.717) is 104 Å². The Hall–Kier alpha value is -19.7. The smallest absolute Gasteiger partial charge is 0.299 e. The quantitative estimate of drug-likeness (QED) is 0.0224. The predicted molar refractivity (Wildman–Crippen MR) is 596 cm³/mol. The molecule has 0 radical (unpaired) electrons. The van der Waals surface area contributed by atoms with Crippen molar-refractivity contribution in [1.29, 1.82) is 15.8 Å². The second kappa shape index (κ2) is 46.4. The number of rotatable bonds is 26. The van der Waals surface area contributed by atoms with Crippen molar-refractivity contribution in [3.8, 4) is 86.4 Å². The summed E-state index contributed by atoms with van der Waals surface area (Å²) in [5, 5.41) is 49.8. The van der Waals surface area contributed by atoms with Crippen LogP contribution in [-0.2, 0) is 34.9 Å². The molecule has 3 atom stereocenters. The normalized spacial score (nSPS) is 11.9. The fourth-order valence-electron chi connectivity index (χ4n) is 15.0. The number of aromatic amines is 2. The summed E-state index contributed by atoms with van der Waals surface area (Å²) in [5.74, 6) is 15.3. The van der Waals surface area contributed by atoms with E-state index in [-0.39, 0.29) is 0 Å². The molecule has 0 aliphatic carbocycles. The van der Waals surface area contributed by atoms with E-state index < -0.39 is 29.1 Å². The van der Waals surface area contributed by atoms with Gasteiger partial charge in [0.25, 0.3) is 36.1 Å². The summed E-state index contributed by atoms with van der Waals surface area (Å²) in [6.07, 6.45) is 16.8. The second-order valence-corrected chi connectivity index (χ2v) is 40.6. The number of hydrogen-bond acceptors (Lipinski definition) is 25. The Morgan fingerprint density at radius 3 is 0.939 bits per heavy atom. The zero-order valence-corrected chi connectivity index (χ0v) is 83.0. The van der Waals surface area contributed by atoms with E-state index in [4.69, 9.17) is 42.3 Å². The van der Waals surface area contributed by atoms with E-state index in [1.807, 2.05) is 256 Å². The highest BCUT2D eigenvalue weighted by atomic mass is 32.2. The first-order valence-corrected chi connectivity index (χ1v) is 52.1. The molecule has 0 aliphatic heterocycles. The summed E-state index contributed by atoms with van der Waals surface area (Å²) < 4.78 is 79.7. The van der Waals surface area contributed by atoms with Crippen molar-refractivity contribution in [2.45, 2.75) is 26.5 Å². The number of benzene rings is 13. The van der Waals surface area contributed by atoms with Crippen LogP contribution in [0, 0.1) is 54.8 Å². The fraction of sp³-hybridized carbons (Fsp3) is 0.0522. The molecule has 734 valence electrons. The molecule has 0 spiro atoms.